The number of nitriles is 1. The third kappa shape index (κ3) is 2.97. The highest BCUT2D eigenvalue weighted by atomic mass is 79.9. The second-order valence-electron chi connectivity index (χ2n) is 3.74. The van der Waals surface area contributed by atoms with Crippen LogP contribution < -0.4 is 5.32 Å². The molecule has 0 fully saturated rings. The molecule has 0 spiro atoms. The number of nitrogens with one attached hydrogen (secondary N) is 1. The molecule has 1 heterocycles. The van der Waals surface area contributed by atoms with Crippen molar-refractivity contribution in [2.45, 2.75) is 0 Å². The summed E-state index contributed by atoms with van der Waals surface area (Å²) in [5.74, 6) is -2.58. The third-order valence-electron chi connectivity index (χ3n) is 2.37. The fourth-order valence-electron chi connectivity index (χ4n) is 1.43. The Hall–Kier alpha value is -2.33. The molecule has 1 aromatic heterocycles. The molecule has 20 heavy (non-hydrogen) atoms. The van der Waals surface area contributed by atoms with Crippen molar-refractivity contribution < 1.29 is 13.6 Å². The molecule has 0 aliphatic heterocycles. The number of anilines is 1. The first-order chi connectivity index (χ1) is 9.51. The molecule has 0 bridgehead atoms. The van der Waals surface area contributed by atoms with Crippen molar-refractivity contribution in [3.05, 3.63) is 57.8 Å². The van der Waals surface area contributed by atoms with E-state index in [1.807, 2.05) is 6.07 Å². The Morgan fingerprint density at radius 2 is 1.95 bits per heavy atom. The number of nitrogens with zero attached hydrogens (tertiary/aromatic N) is 2. The molecule has 0 unspecified atom stereocenters. The van der Waals surface area contributed by atoms with Crippen LogP contribution in [0.4, 0.5) is 14.5 Å². The normalized spacial score (nSPS) is 9.90. The molecule has 0 saturated carbocycles. The smallest absolute Gasteiger partial charge is 0.274 e. The Balaban J connectivity index is 2.26. The van der Waals surface area contributed by atoms with Crippen LogP contribution in [0, 0.1) is 23.0 Å². The van der Waals surface area contributed by atoms with Crippen molar-refractivity contribution >= 4 is 27.5 Å². The first-order valence-corrected chi connectivity index (χ1v) is 6.12. The van der Waals surface area contributed by atoms with E-state index in [9.17, 15) is 13.6 Å². The zero-order valence-electron chi connectivity index (χ0n) is 9.82. The number of hydrogen-bond acceptors (Lipinski definition) is 3. The maximum absolute atomic E-state index is 13.6. The summed E-state index contributed by atoms with van der Waals surface area (Å²) >= 11 is 2.94. The number of carbonyl (C=O) groups is 1. The van der Waals surface area contributed by atoms with Crippen LogP contribution in [0.3, 0.4) is 0 Å². The summed E-state index contributed by atoms with van der Waals surface area (Å²) in [7, 11) is 0. The van der Waals surface area contributed by atoms with Crippen LogP contribution in [0.5, 0.6) is 0 Å². The molecule has 0 saturated heterocycles. The average Bonchev–Trinajstić information content (AvgIpc) is 2.42. The highest BCUT2D eigenvalue weighted by Crippen LogP contribution is 2.24. The molecule has 100 valence electrons. The second-order valence-corrected chi connectivity index (χ2v) is 4.66. The summed E-state index contributed by atoms with van der Waals surface area (Å²) in [6.07, 6.45) is 1.20. The lowest BCUT2D eigenvalue weighted by atomic mass is 10.2. The summed E-state index contributed by atoms with van der Waals surface area (Å²) in [5, 5.41) is 10.7. The van der Waals surface area contributed by atoms with Gasteiger partial charge in [0.1, 0.15) is 17.5 Å². The van der Waals surface area contributed by atoms with E-state index in [1.165, 1.54) is 18.3 Å². The van der Waals surface area contributed by atoms with E-state index >= 15 is 0 Å². The van der Waals surface area contributed by atoms with Crippen LogP contribution in [0.25, 0.3) is 0 Å². The van der Waals surface area contributed by atoms with Crippen molar-refractivity contribution in [1.82, 2.24) is 4.98 Å². The number of aromatic nitrogens is 1. The zero-order chi connectivity index (χ0) is 14.7. The van der Waals surface area contributed by atoms with Gasteiger partial charge >= 0.3 is 0 Å². The van der Waals surface area contributed by atoms with Crippen LogP contribution >= 0.6 is 15.9 Å². The lowest BCUT2D eigenvalue weighted by molar-refractivity contribution is 0.102. The predicted octanol–water partition coefficient (Wildman–Crippen LogP) is 3.25. The zero-order valence-corrected chi connectivity index (χ0v) is 11.4. The molecule has 4 nitrogen and oxygen atoms in total. The number of amides is 1. The lowest BCUT2D eigenvalue weighted by Gasteiger charge is -2.07. The monoisotopic (exact) mass is 337 g/mol. The Morgan fingerprint density at radius 1 is 1.30 bits per heavy atom. The topological polar surface area (TPSA) is 65.8 Å². The number of benzene rings is 1. The van der Waals surface area contributed by atoms with Gasteiger partial charge in [0.15, 0.2) is 11.6 Å². The van der Waals surface area contributed by atoms with E-state index in [2.05, 4.69) is 26.2 Å². The Morgan fingerprint density at radius 3 is 2.45 bits per heavy atom. The van der Waals surface area contributed by atoms with Gasteiger partial charge in [-0.1, -0.05) is 15.9 Å². The van der Waals surface area contributed by atoms with Crippen LogP contribution in [0.15, 0.2) is 34.9 Å². The van der Waals surface area contributed by atoms with Crippen molar-refractivity contribution in [1.29, 1.82) is 5.26 Å². The summed E-state index contributed by atoms with van der Waals surface area (Å²) in [4.78, 5) is 15.5. The SMILES string of the molecule is N#Cc1ccc(C(=O)Nc2c(F)cc(Br)cc2F)nc1. The van der Waals surface area contributed by atoms with Gasteiger partial charge in [0.2, 0.25) is 0 Å². The fraction of sp³-hybridized carbons (Fsp3) is 0. The quantitative estimate of drug-likeness (QED) is 0.914. The highest BCUT2D eigenvalue weighted by molar-refractivity contribution is 9.10. The van der Waals surface area contributed by atoms with Crippen molar-refractivity contribution in [3.63, 3.8) is 0 Å². The minimum Gasteiger partial charge on any atom is -0.316 e. The number of carbonyl (C=O) groups excluding carboxylic acids is 1. The van der Waals surface area contributed by atoms with Crippen LogP contribution in [0.2, 0.25) is 0 Å². The molecule has 0 atom stereocenters. The highest BCUT2D eigenvalue weighted by Gasteiger charge is 2.15. The second kappa shape index (κ2) is 5.75. The first kappa shape index (κ1) is 14.1. The molecule has 1 amide bonds. The molecule has 0 aliphatic rings. The van der Waals surface area contributed by atoms with Crippen molar-refractivity contribution in [2.75, 3.05) is 5.32 Å². The largest absolute Gasteiger partial charge is 0.316 e. The Kier molecular flexibility index (Phi) is 4.05. The van der Waals surface area contributed by atoms with Gasteiger partial charge in [0.05, 0.1) is 5.56 Å². The number of pyridine rings is 1. The van der Waals surface area contributed by atoms with Gasteiger partial charge in [-0.2, -0.15) is 5.26 Å². The molecule has 0 aliphatic carbocycles. The number of rotatable bonds is 2. The Labute approximate surface area is 121 Å². The number of halogens is 3. The van der Waals surface area contributed by atoms with Gasteiger partial charge < -0.3 is 5.32 Å². The van der Waals surface area contributed by atoms with Crippen LogP contribution in [-0.2, 0) is 0 Å². The minimum atomic E-state index is -0.904. The van der Waals surface area contributed by atoms with Gasteiger partial charge in [-0.25, -0.2) is 13.8 Å². The molecule has 7 heteroatoms. The Bertz CT molecular complexity index is 688. The molecule has 1 N–H and O–H groups in total. The van der Waals surface area contributed by atoms with E-state index < -0.39 is 23.2 Å². The van der Waals surface area contributed by atoms with Crippen molar-refractivity contribution in [2.24, 2.45) is 0 Å². The van der Waals surface area contributed by atoms with Crippen molar-refractivity contribution in [3.8, 4) is 6.07 Å². The van der Waals surface area contributed by atoms with Gasteiger partial charge in [0, 0.05) is 10.7 Å². The summed E-state index contributed by atoms with van der Waals surface area (Å²) in [5.41, 5.74) is -0.322. The van der Waals surface area contributed by atoms with Crippen LogP contribution in [-0.4, -0.2) is 10.9 Å². The van der Waals surface area contributed by atoms with E-state index in [0.717, 1.165) is 12.1 Å². The van der Waals surface area contributed by atoms with Crippen LogP contribution in [0.1, 0.15) is 16.1 Å². The molecular formula is C13H6BrF2N3O. The predicted molar refractivity (Wildman–Crippen MR) is 71.0 cm³/mol. The maximum Gasteiger partial charge on any atom is 0.274 e. The van der Waals surface area contributed by atoms with E-state index in [4.69, 9.17) is 5.26 Å². The van der Waals surface area contributed by atoms with Gasteiger partial charge in [0.25, 0.3) is 5.91 Å². The lowest BCUT2D eigenvalue weighted by Crippen LogP contribution is -2.15. The van der Waals surface area contributed by atoms with Gasteiger partial charge in [-0.05, 0) is 24.3 Å². The molecule has 2 rings (SSSR count). The van der Waals surface area contributed by atoms with E-state index in [-0.39, 0.29) is 15.7 Å². The third-order valence-corrected chi connectivity index (χ3v) is 2.83. The fourth-order valence-corrected chi connectivity index (χ4v) is 1.84. The maximum atomic E-state index is 13.6. The van der Waals surface area contributed by atoms with E-state index in [0.29, 0.717) is 0 Å². The summed E-state index contributed by atoms with van der Waals surface area (Å²) in [6, 6.07) is 6.59. The summed E-state index contributed by atoms with van der Waals surface area (Å²) < 4.78 is 27.3. The molecule has 2 aromatic rings. The summed E-state index contributed by atoms with van der Waals surface area (Å²) in [6.45, 7) is 0. The minimum absolute atomic E-state index is 0.0503. The number of hydrogen-bond donors (Lipinski definition) is 1. The molecule has 1 aromatic carbocycles. The van der Waals surface area contributed by atoms with Gasteiger partial charge in [-0.3, -0.25) is 4.79 Å². The first-order valence-electron chi connectivity index (χ1n) is 5.33. The molecular weight excluding hydrogens is 332 g/mol. The van der Waals surface area contributed by atoms with Gasteiger partial charge in [-0.15, -0.1) is 0 Å². The standard InChI is InChI=1S/C13H6BrF2N3O/c14-8-3-9(15)12(10(16)4-8)19-13(20)11-2-1-7(5-17)6-18-11/h1-4,6H,(H,19,20). The van der Waals surface area contributed by atoms with E-state index in [1.54, 1.807) is 0 Å². The average molecular weight is 338 g/mol. The molecule has 0 radical (unpaired) electrons.